The lowest BCUT2D eigenvalue weighted by Gasteiger charge is -2.19. The van der Waals surface area contributed by atoms with Crippen LogP contribution in [-0.4, -0.2) is 40.7 Å². The molecule has 1 atom stereocenters. The Kier molecular flexibility index (Phi) is 3.99. The van der Waals surface area contributed by atoms with E-state index < -0.39 is 17.3 Å². The Morgan fingerprint density at radius 1 is 1.29 bits per heavy atom. The van der Waals surface area contributed by atoms with Gasteiger partial charge >= 0.3 is 5.97 Å². The first-order valence-electron chi connectivity index (χ1n) is 8.78. The first-order chi connectivity index (χ1) is 13.4. The third-order valence-electron chi connectivity index (χ3n) is 4.99. The van der Waals surface area contributed by atoms with E-state index in [1.165, 1.54) is 13.2 Å². The molecule has 0 radical (unpaired) electrons. The number of anilines is 1. The van der Waals surface area contributed by atoms with Crippen molar-refractivity contribution in [3.05, 3.63) is 35.9 Å². The van der Waals surface area contributed by atoms with Crippen LogP contribution in [0.4, 0.5) is 5.69 Å². The maximum atomic E-state index is 12.5. The largest absolute Gasteiger partial charge is 0.508 e. The highest BCUT2D eigenvalue weighted by Crippen LogP contribution is 2.41. The maximum absolute atomic E-state index is 12.5. The van der Waals surface area contributed by atoms with Crippen LogP contribution < -0.4 is 10.1 Å². The molecular weight excluding hydrogens is 362 g/mol. The number of H-pyrrole nitrogens is 1. The van der Waals surface area contributed by atoms with Crippen molar-refractivity contribution >= 4 is 28.6 Å². The molecule has 2 aromatic carbocycles. The number of carbonyl (C=O) groups excluding carboxylic acids is 2. The van der Waals surface area contributed by atoms with E-state index in [0.29, 0.717) is 39.4 Å². The number of aromatic nitrogens is 2. The predicted octanol–water partition coefficient (Wildman–Crippen LogP) is 2.72. The van der Waals surface area contributed by atoms with Crippen LogP contribution in [0, 0.1) is 0 Å². The topological polar surface area (TPSA) is 114 Å². The summed E-state index contributed by atoms with van der Waals surface area (Å²) in [5.74, 6) is 0.0825. The van der Waals surface area contributed by atoms with E-state index in [0.717, 1.165) is 0 Å². The Morgan fingerprint density at radius 2 is 2.07 bits per heavy atom. The number of benzene rings is 2. The van der Waals surface area contributed by atoms with Gasteiger partial charge < -0.3 is 24.9 Å². The molecule has 1 aliphatic rings. The van der Waals surface area contributed by atoms with Crippen LogP contribution in [0.5, 0.6) is 11.5 Å². The van der Waals surface area contributed by atoms with E-state index in [-0.39, 0.29) is 12.4 Å². The second-order valence-corrected chi connectivity index (χ2v) is 6.68. The molecule has 0 aliphatic carbocycles. The van der Waals surface area contributed by atoms with E-state index in [4.69, 9.17) is 9.47 Å². The molecular formula is C20H19N3O5. The second-order valence-electron chi connectivity index (χ2n) is 6.68. The summed E-state index contributed by atoms with van der Waals surface area (Å²) in [5.41, 5.74) is 1.61. The number of carbonyl (C=O) groups is 2. The zero-order valence-electron chi connectivity index (χ0n) is 15.6. The number of nitrogens with zero attached hydrogens (tertiary/aromatic N) is 1. The van der Waals surface area contributed by atoms with Crippen LogP contribution in [0.3, 0.4) is 0 Å². The predicted molar refractivity (Wildman–Crippen MR) is 102 cm³/mol. The molecule has 8 nitrogen and oxygen atoms in total. The molecule has 1 unspecified atom stereocenters. The number of hydrogen-bond acceptors (Lipinski definition) is 6. The summed E-state index contributed by atoms with van der Waals surface area (Å²) in [6.07, 6.45) is 0. The van der Waals surface area contributed by atoms with Gasteiger partial charge in [-0.2, -0.15) is 0 Å². The van der Waals surface area contributed by atoms with Gasteiger partial charge in [0.25, 0.3) is 0 Å². The molecule has 1 aromatic heterocycles. The van der Waals surface area contributed by atoms with Crippen molar-refractivity contribution in [3.63, 3.8) is 0 Å². The Hall–Kier alpha value is -3.55. The Morgan fingerprint density at radius 3 is 2.79 bits per heavy atom. The van der Waals surface area contributed by atoms with Gasteiger partial charge in [0.15, 0.2) is 5.41 Å². The standard InChI is InChI=1S/C20H19N3O5/c1-4-28-19(26)20(2)12-8-14-15(9-13(12)23-18(20)25)22-17(21-14)11-6-5-10(24)7-16(11)27-3/h5-9,24H,4H2,1-3H3,(H,21,22)(H,23,25). The average Bonchev–Trinajstić information content (AvgIpc) is 3.19. The van der Waals surface area contributed by atoms with Crippen molar-refractivity contribution < 1.29 is 24.2 Å². The first-order valence-corrected chi connectivity index (χ1v) is 8.78. The highest BCUT2D eigenvalue weighted by atomic mass is 16.5. The van der Waals surface area contributed by atoms with E-state index in [9.17, 15) is 14.7 Å². The molecule has 28 heavy (non-hydrogen) atoms. The highest BCUT2D eigenvalue weighted by molar-refractivity contribution is 6.19. The van der Waals surface area contributed by atoms with Gasteiger partial charge in [-0.05, 0) is 38.1 Å². The molecule has 1 amide bonds. The molecule has 1 aliphatic heterocycles. The Balaban J connectivity index is 1.85. The van der Waals surface area contributed by atoms with Crippen molar-refractivity contribution in [2.45, 2.75) is 19.3 Å². The summed E-state index contributed by atoms with van der Waals surface area (Å²) >= 11 is 0. The van der Waals surface area contributed by atoms with Crippen LogP contribution in [-0.2, 0) is 19.7 Å². The number of rotatable bonds is 4. The number of imidazole rings is 1. The van der Waals surface area contributed by atoms with Crippen molar-refractivity contribution in [2.24, 2.45) is 0 Å². The van der Waals surface area contributed by atoms with Gasteiger partial charge in [-0.25, -0.2) is 4.98 Å². The van der Waals surface area contributed by atoms with Crippen LogP contribution >= 0.6 is 0 Å². The lowest BCUT2D eigenvalue weighted by Crippen LogP contribution is -2.40. The Bertz CT molecular complexity index is 1120. The van der Waals surface area contributed by atoms with Crippen LogP contribution in [0.1, 0.15) is 19.4 Å². The molecule has 144 valence electrons. The third kappa shape index (κ3) is 2.49. The molecule has 2 heterocycles. The van der Waals surface area contributed by atoms with Gasteiger partial charge in [0.05, 0.1) is 30.3 Å². The molecule has 0 fully saturated rings. The summed E-state index contributed by atoms with van der Waals surface area (Å²) < 4.78 is 10.4. The highest BCUT2D eigenvalue weighted by Gasteiger charge is 2.50. The number of phenols is 1. The van der Waals surface area contributed by atoms with E-state index in [2.05, 4.69) is 15.3 Å². The number of ether oxygens (including phenoxy) is 2. The van der Waals surface area contributed by atoms with Gasteiger partial charge in [0.2, 0.25) is 5.91 Å². The lowest BCUT2D eigenvalue weighted by molar-refractivity contribution is -0.152. The summed E-state index contributed by atoms with van der Waals surface area (Å²) in [6.45, 7) is 3.44. The number of nitrogens with one attached hydrogen (secondary N) is 2. The third-order valence-corrected chi connectivity index (χ3v) is 4.99. The summed E-state index contributed by atoms with van der Waals surface area (Å²) in [7, 11) is 1.51. The average molecular weight is 381 g/mol. The molecule has 0 saturated heterocycles. The fourth-order valence-electron chi connectivity index (χ4n) is 3.42. The van der Waals surface area contributed by atoms with Crippen LogP contribution in [0.25, 0.3) is 22.4 Å². The number of methoxy groups -OCH3 is 1. The van der Waals surface area contributed by atoms with Gasteiger partial charge in [0.1, 0.15) is 17.3 Å². The van der Waals surface area contributed by atoms with E-state index in [1.807, 2.05) is 0 Å². The minimum atomic E-state index is -1.42. The summed E-state index contributed by atoms with van der Waals surface area (Å²) in [4.78, 5) is 32.7. The number of phenolic OH excluding ortho intramolecular Hbond substituents is 1. The number of aromatic hydroxyl groups is 1. The molecule has 4 rings (SSSR count). The van der Waals surface area contributed by atoms with E-state index >= 15 is 0 Å². The Labute approximate surface area is 160 Å². The fraction of sp³-hybridized carbons (Fsp3) is 0.250. The molecule has 0 bridgehead atoms. The van der Waals surface area contributed by atoms with Crippen LogP contribution in [0.15, 0.2) is 30.3 Å². The second kappa shape index (κ2) is 6.26. The van der Waals surface area contributed by atoms with E-state index in [1.54, 1.807) is 38.1 Å². The SMILES string of the molecule is CCOC(=O)C1(C)C(=O)Nc2cc3nc(-c4ccc(O)cc4OC)[nH]c3cc21. The monoisotopic (exact) mass is 381 g/mol. The first kappa shape index (κ1) is 17.8. The summed E-state index contributed by atoms with van der Waals surface area (Å²) in [6, 6.07) is 8.20. The van der Waals surface area contributed by atoms with Crippen molar-refractivity contribution in [2.75, 3.05) is 19.0 Å². The van der Waals surface area contributed by atoms with Crippen molar-refractivity contribution in [3.8, 4) is 22.9 Å². The number of esters is 1. The van der Waals surface area contributed by atoms with Crippen LogP contribution in [0.2, 0.25) is 0 Å². The number of fused-ring (bicyclic) bond motifs is 2. The molecule has 0 saturated carbocycles. The number of amides is 1. The van der Waals surface area contributed by atoms with Gasteiger partial charge in [-0.1, -0.05) is 0 Å². The molecule has 8 heteroatoms. The smallest absolute Gasteiger partial charge is 0.326 e. The van der Waals surface area contributed by atoms with Crippen molar-refractivity contribution in [1.29, 1.82) is 0 Å². The minimum absolute atomic E-state index is 0.0867. The van der Waals surface area contributed by atoms with Gasteiger partial charge in [0, 0.05) is 17.3 Å². The normalized spacial score (nSPS) is 18.0. The number of aromatic amines is 1. The lowest BCUT2D eigenvalue weighted by atomic mass is 9.83. The minimum Gasteiger partial charge on any atom is -0.508 e. The molecule has 3 N–H and O–H groups in total. The zero-order valence-corrected chi connectivity index (χ0v) is 15.6. The molecule has 0 spiro atoms. The number of hydrogen-bond donors (Lipinski definition) is 3. The van der Waals surface area contributed by atoms with Gasteiger partial charge in [-0.15, -0.1) is 0 Å². The zero-order chi connectivity index (χ0) is 20.1. The summed E-state index contributed by atoms with van der Waals surface area (Å²) in [5, 5.41) is 12.4. The quantitative estimate of drug-likeness (QED) is 0.473. The van der Waals surface area contributed by atoms with Crippen molar-refractivity contribution in [1.82, 2.24) is 9.97 Å². The van der Waals surface area contributed by atoms with Gasteiger partial charge in [-0.3, -0.25) is 9.59 Å². The fourth-order valence-corrected chi connectivity index (χ4v) is 3.42. The molecule has 3 aromatic rings. The maximum Gasteiger partial charge on any atom is 0.326 e.